The van der Waals surface area contributed by atoms with Crippen LogP contribution in [0.1, 0.15) is 25.0 Å². The van der Waals surface area contributed by atoms with Crippen molar-refractivity contribution in [2.75, 3.05) is 11.9 Å². The number of likely N-dealkylation sites (N-methyl/N-ethyl adjacent to an activating group) is 1. The van der Waals surface area contributed by atoms with Gasteiger partial charge in [-0.2, -0.15) is 0 Å². The predicted octanol–water partition coefficient (Wildman–Crippen LogP) is 2.42. The van der Waals surface area contributed by atoms with Crippen LogP contribution in [0.15, 0.2) is 30.5 Å². The van der Waals surface area contributed by atoms with Crippen LogP contribution < -0.4 is 4.90 Å². The maximum Gasteiger partial charge on any atom is 0.0682 e. The Hall–Kier alpha value is -1.28. The van der Waals surface area contributed by atoms with Gasteiger partial charge < -0.3 is 10.0 Å². The van der Waals surface area contributed by atoms with Crippen molar-refractivity contribution in [2.45, 2.75) is 25.9 Å². The van der Waals surface area contributed by atoms with E-state index in [1.807, 2.05) is 19.2 Å². The Kier molecular flexibility index (Phi) is 2.12. The lowest BCUT2D eigenvalue weighted by Crippen LogP contribution is -2.21. The highest BCUT2D eigenvalue weighted by molar-refractivity contribution is 5.70. The van der Waals surface area contributed by atoms with Crippen molar-refractivity contribution in [1.29, 1.82) is 0 Å². The molecule has 1 heterocycles. The summed E-state index contributed by atoms with van der Waals surface area (Å²) in [5.74, 6) is 0. The van der Waals surface area contributed by atoms with Gasteiger partial charge in [0.1, 0.15) is 0 Å². The van der Waals surface area contributed by atoms with Gasteiger partial charge >= 0.3 is 0 Å². The zero-order chi connectivity index (χ0) is 11.2. The molecule has 1 aromatic carbocycles. The Balaban J connectivity index is 2.61. The van der Waals surface area contributed by atoms with E-state index in [2.05, 4.69) is 31.4 Å². The number of nitrogens with zero attached hydrogens (tertiary/aromatic N) is 1. The Morgan fingerprint density at radius 2 is 2.07 bits per heavy atom. The highest BCUT2D eigenvalue weighted by atomic mass is 16.3. The second-order valence-electron chi connectivity index (χ2n) is 4.64. The summed E-state index contributed by atoms with van der Waals surface area (Å²) < 4.78 is 0. The Morgan fingerprint density at radius 1 is 1.40 bits per heavy atom. The predicted molar refractivity (Wildman–Crippen MR) is 62.9 cm³/mol. The second-order valence-corrected chi connectivity index (χ2v) is 4.64. The standard InChI is InChI=1S/C13H17NO/c1-9-13(2,3)11-6-5-10(8-15)7-12(11)14(9)4/h5-7,15H,1,8H2,2-4H3. The van der Waals surface area contributed by atoms with Crippen LogP contribution in [0.5, 0.6) is 0 Å². The van der Waals surface area contributed by atoms with Crippen LogP contribution in [0.25, 0.3) is 0 Å². The molecule has 0 atom stereocenters. The molecule has 15 heavy (non-hydrogen) atoms. The molecule has 2 rings (SSSR count). The smallest absolute Gasteiger partial charge is 0.0682 e. The molecule has 2 heteroatoms. The molecule has 0 saturated carbocycles. The van der Waals surface area contributed by atoms with Crippen LogP contribution >= 0.6 is 0 Å². The zero-order valence-electron chi connectivity index (χ0n) is 9.54. The molecular formula is C13H17NO. The maximum absolute atomic E-state index is 9.11. The van der Waals surface area contributed by atoms with Gasteiger partial charge in [0.15, 0.2) is 0 Å². The number of benzene rings is 1. The van der Waals surface area contributed by atoms with Gasteiger partial charge in [-0.15, -0.1) is 0 Å². The fourth-order valence-corrected chi connectivity index (χ4v) is 2.20. The van der Waals surface area contributed by atoms with Crippen molar-refractivity contribution < 1.29 is 5.11 Å². The van der Waals surface area contributed by atoms with Gasteiger partial charge in [0.25, 0.3) is 0 Å². The molecular weight excluding hydrogens is 186 g/mol. The van der Waals surface area contributed by atoms with E-state index in [1.165, 1.54) is 5.56 Å². The van der Waals surface area contributed by atoms with Gasteiger partial charge in [-0.3, -0.25) is 0 Å². The highest BCUT2D eigenvalue weighted by Crippen LogP contribution is 2.46. The summed E-state index contributed by atoms with van der Waals surface area (Å²) in [6.45, 7) is 8.57. The zero-order valence-corrected chi connectivity index (χ0v) is 9.54. The first-order valence-electron chi connectivity index (χ1n) is 5.16. The lowest BCUT2D eigenvalue weighted by atomic mass is 9.84. The number of aliphatic hydroxyl groups is 1. The molecule has 80 valence electrons. The van der Waals surface area contributed by atoms with Gasteiger partial charge in [0.05, 0.1) is 6.61 Å². The molecule has 1 aliphatic rings. The molecule has 0 fully saturated rings. The third-order valence-corrected chi connectivity index (χ3v) is 3.41. The molecule has 2 nitrogen and oxygen atoms in total. The van der Waals surface area contributed by atoms with E-state index < -0.39 is 0 Å². The lowest BCUT2D eigenvalue weighted by molar-refractivity contribution is 0.282. The van der Waals surface area contributed by atoms with Gasteiger partial charge in [0.2, 0.25) is 0 Å². The lowest BCUT2D eigenvalue weighted by Gasteiger charge is -2.22. The van der Waals surface area contributed by atoms with Crippen molar-refractivity contribution in [3.8, 4) is 0 Å². The first-order chi connectivity index (χ1) is 6.98. The first kappa shape index (κ1) is 10.2. The number of hydrogen-bond donors (Lipinski definition) is 1. The molecule has 0 amide bonds. The number of aliphatic hydroxyl groups excluding tert-OH is 1. The number of allylic oxidation sites excluding steroid dienone is 1. The van der Waals surface area contributed by atoms with Crippen molar-refractivity contribution in [3.05, 3.63) is 41.6 Å². The quantitative estimate of drug-likeness (QED) is 0.757. The highest BCUT2D eigenvalue weighted by Gasteiger charge is 2.36. The number of anilines is 1. The molecule has 0 aliphatic carbocycles. The largest absolute Gasteiger partial charge is 0.392 e. The van der Waals surface area contributed by atoms with Gasteiger partial charge in [0, 0.05) is 23.8 Å². The summed E-state index contributed by atoms with van der Waals surface area (Å²) in [4.78, 5) is 2.11. The summed E-state index contributed by atoms with van der Waals surface area (Å²) in [5.41, 5.74) is 4.50. The molecule has 0 bridgehead atoms. The average Bonchev–Trinajstić information content (AvgIpc) is 2.40. The number of fused-ring (bicyclic) bond motifs is 1. The third kappa shape index (κ3) is 1.29. The van der Waals surface area contributed by atoms with E-state index in [1.54, 1.807) is 0 Å². The molecule has 1 N–H and O–H groups in total. The molecule has 0 aromatic heterocycles. The van der Waals surface area contributed by atoms with Crippen LogP contribution in [0.2, 0.25) is 0 Å². The SMILES string of the molecule is C=C1N(C)c2cc(CO)ccc2C1(C)C. The summed E-state index contributed by atoms with van der Waals surface area (Å²) in [5, 5.41) is 9.11. The molecule has 1 aromatic rings. The molecule has 0 radical (unpaired) electrons. The van der Waals surface area contributed by atoms with Crippen LogP contribution in [0.4, 0.5) is 5.69 Å². The van der Waals surface area contributed by atoms with Crippen LogP contribution in [0.3, 0.4) is 0 Å². The van der Waals surface area contributed by atoms with Crippen LogP contribution in [0, 0.1) is 0 Å². The minimum Gasteiger partial charge on any atom is -0.392 e. The van der Waals surface area contributed by atoms with Gasteiger partial charge in [-0.1, -0.05) is 32.6 Å². The first-order valence-corrected chi connectivity index (χ1v) is 5.16. The number of rotatable bonds is 1. The number of hydrogen-bond acceptors (Lipinski definition) is 2. The minimum atomic E-state index is -0.00192. The average molecular weight is 203 g/mol. The monoisotopic (exact) mass is 203 g/mol. The third-order valence-electron chi connectivity index (χ3n) is 3.41. The Morgan fingerprint density at radius 3 is 2.67 bits per heavy atom. The Labute approximate surface area is 90.8 Å². The Bertz CT molecular complexity index is 421. The molecule has 0 spiro atoms. The maximum atomic E-state index is 9.11. The molecule has 0 unspecified atom stereocenters. The van der Waals surface area contributed by atoms with Crippen molar-refractivity contribution >= 4 is 5.69 Å². The van der Waals surface area contributed by atoms with Crippen LogP contribution in [-0.4, -0.2) is 12.2 Å². The van der Waals surface area contributed by atoms with E-state index >= 15 is 0 Å². The fraction of sp³-hybridized carbons (Fsp3) is 0.385. The van der Waals surface area contributed by atoms with Crippen molar-refractivity contribution in [3.63, 3.8) is 0 Å². The summed E-state index contributed by atoms with van der Waals surface area (Å²) in [7, 11) is 2.02. The van der Waals surface area contributed by atoms with Crippen molar-refractivity contribution in [1.82, 2.24) is 0 Å². The fourth-order valence-electron chi connectivity index (χ4n) is 2.20. The van der Waals surface area contributed by atoms with Crippen molar-refractivity contribution in [2.24, 2.45) is 0 Å². The van der Waals surface area contributed by atoms with E-state index in [-0.39, 0.29) is 12.0 Å². The molecule has 1 aliphatic heterocycles. The van der Waals surface area contributed by atoms with Gasteiger partial charge in [-0.25, -0.2) is 0 Å². The summed E-state index contributed by atoms with van der Waals surface area (Å²) >= 11 is 0. The minimum absolute atomic E-state index is 0.00192. The summed E-state index contributed by atoms with van der Waals surface area (Å²) in [6.07, 6.45) is 0. The van der Waals surface area contributed by atoms with E-state index in [4.69, 9.17) is 5.11 Å². The van der Waals surface area contributed by atoms with E-state index in [0.717, 1.165) is 16.9 Å². The van der Waals surface area contributed by atoms with E-state index in [0.29, 0.717) is 0 Å². The topological polar surface area (TPSA) is 23.5 Å². The summed E-state index contributed by atoms with van der Waals surface area (Å²) in [6, 6.07) is 6.11. The van der Waals surface area contributed by atoms with Crippen LogP contribution in [-0.2, 0) is 12.0 Å². The normalized spacial score (nSPS) is 18.1. The second kappa shape index (κ2) is 3.11. The molecule has 0 saturated heterocycles. The van der Waals surface area contributed by atoms with Gasteiger partial charge in [-0.05, 0) is 17.2 Å². The van der Waals surface area contributed by atoms with E-state index in [9.17, 15) is 0 Å².